The van der Waals surface area contributed by atoms with Gasteiger partial charge < -0.3 is 30.1 Å². The molecule has 0 aliphatic carbocycles. The number of aliphatic hydroxyl groups is 3. The summed E-state index contributed by atoms with van der Waals surface area (Å²) in [5, 5.41) is 37.4. The molecule has 16 nitrogen and oxygen atoms in total. The molecule has 17 heteroatoms. The van der Waals surface area contributed by atoms with Crippen molar-refractivity contribution in [2.24, 2.45) is 0 Å². The lowest BCUT2D eigenvalue weighted by molar-refractivity contribution is -0.0511. The maximum atomic E-state index is 12.1. The summed E-state index contributed by atoms with van der Waals surface area (Å²) in [6.07, 6.45) is -1.03. The number of ether oxygens (including phenoxy) is 2. The van der Waals surface area contributed by atoms with Gasteiger partial charge >= 0.3 is 5.97 Å². The Morgan fingerprint density at radius 2 is 1.92 bits per heavy atom. The Morgan fingerprint density at radius 1 is 1.18 bits per heavy atom. The lowest BCUT2D eigenvalue weighted by Crippen LogP contribution is -2.33. The second-order valence-corrected chi connectivity index (χ2v) is 9.87. The van der Waals surface area contributed by atoms with Crippen LogP contribution in [0.3, 0.4) is 0 Å². The van der Waals surface area contributed by atoms with Gasteiger partial charge in [-0.1, -0.05) is 0 Å². The van der Waals surface area contributed by atoms with Gasteiger partial charge in [0.1, 0.15) is 18.3 Å². The number of fused-ring (bicyclic) bond motifs is 1. The lowest BCUT2D eigenvalue weighted by Gasteiger charge is -2.17. The molecule has 206 valence electrons. The Kier molecular flexibility index (Phi) is 7.02. The summed E-state index contributed by atoms with van der Waals surface area (Å²) < 4.78 is 45.2. The minimum absolute atomic E-state index is 0.0244. The normalized spacial score (nSPS) is 21.4. The van der Waals surface area contributed by atoms with Gasteiger partial charge in [0.25, 0.3) is 16.1 Å². The summed E-state index contributed by atoms with van der Waals surface area (Å²) in [7, 11) is -4.40. The van der Waals surface area contributed by atoms with Crippen LogP contribution in [0.1, 0.15) is 23.5 Å². The third-order valence-corrected chi connectivity index (χ3v) is 6.78. The van der Waals surface area contributed by atoms with E-state index < -0.39 is 47.2 Å². The standard InChI is InChI=1S/C22H23N7O9S/c1-2-37-21(33)11-7-24-29(8-11)22-26-18(25-12-3-5-13(6-4-12)39(34,35)36)15-19(27-22)28(10-23-15)20-17(32)16(31)14(9-30)38-20/h3-8,10,14,16-17,20,30-32H,2,9H2,1H3,(H,25,26,27)(H,34,35,36)/t14-,16-,17+,20?/m1/s1. The molecular formula is C22H23N7O9S. The molecule has 5 rings (SSSR count). The van der Waals surface area contributed by atoms with E-state index in [1.54, 1.807) is 6.92 Å². The minimum Gasteiger partial charge on any atom is -0.462 e. The Balaban J connectivity index is 1.60. The highest BCUT2D eigenvalue weighted by Crippen LogP contribution is 2.33. The predicted octanol–water partition coefficient (Wildman–Crippen LogP) is -0.210. The summed E-state index contributed by atoms with van der Waals surface area (Å²) >= 11 is 0. The van der Waals surface area contributed by atoms with Crippen LogP contribution in [0.25, 0.3) is 17.1 Å². The van der Waals surface area contributed by atoms with E-state index in [2.05, 4.69) is 25.4 Å². The second kappa shape index (κ2) is 10.3. The number of carbonyl (C=O) groups is 1. The van der Waals surface area contributed by atoms with Crippen molar-refractivity contribution in [2.45, 2.75) is 36.4 Å². The summed E-state index contributed by atoms with van der Waals surface area (Å²) in [6, 6.07) is 5.17. The summed E-state index contributed by atoms with van der Waals surface area (Å²) in [4.78, 5) is 25.1. The molecule has 4 atom stereocenters. The number of hydrogen-bond donors (Lipinski definition) is 5. The molecule has 1 saturated heterocycles. The highest BCUT2D eigenvalue weighted by Gasteiger charge is 2.44. The van der Waals surface area contributed by atoms with Gasteiger partial charge in [0, 0.05) is 11.9 Å². The zero-order chi connectivity index (χ0) is 27.9. The molecular weight excluding hydrogens is 538 g/mol. The number of rotatable bonds is 8. The predicted molar refractivity (Wildman–Crippen MR) is 131 cm³/mol. The van der Waals surface area contributed by atoms with Gasteiger partial charge in [0.2, 0.25) is 0 Å². The lowest BCUT2D eigenvalue weighted by atomic mass is 10.1. The van der Waals surface area contributed by atoms with Gasteiger partial charge in [-0.25, -0.2) is 14.5 Å². The SMILES string of the molecule is CCOC(=O)c1cnn(-c2nc(Nc3ccc(S(=O)(=O)O)cc3)c3ncn(C4O[C@H](CO)[C@@H](O)[C@@H]4O)c3n2)c1. The second-order valence-electron chi connectivity index (χ2n) is 8.44. The molecule has 4 heterocycles. The van der Waals surface area contributed by atoms with E-state index in [1.165, 1.54) is 52.2 Å². The number of hydrogen-bond acceptors (Lipinski definition) is 13. The maximum Gasteiger partial charge on any atom is 0.341 e. The Labute approximate surface area is 220 Å². The molecule has 1 aromatic carbocycles. The number of benzene rings is 1. The zero-order valence-electron chi connectivity index (χ0n) is 20.2. The molecule has 1 fully saturated rings. The Bertz CT molecular complexity index is 1620. The molecule has 5 N–H and O–H groups in total. The minimum atomic E-state index is -4.40. The molecule has 0 radical (unpaired) electrons. The van der Waals surface area contributed by atoms with Crippen LogP contribution in [-0.2, 0) is 19.6 Å². The van der Waals surface area contributed by atoms with Crippen molar-refractivity contribution in [3.63, 3.8) is 0 Å². The summed E-state index contributed by atoms with van der Waals surface area (Å²) in [5.41, 5.74) is 0.865. The first-order valence-corrected chi connectivity index (χ1v) is 13.0. The number of esters is 1. The molecule has 0 spiro atoms. The van der Waals surface area contributed by atoms with Gasteiger partial charge in [0.15, 0.2) is 23.2 Å². The summed E-state index contributed by atoms with van der Waals surface area (Å²) in [6.45, 7) is 1.30. The first kappa shape index (κ1) is 26.6. The van der Waals surface area contributed by atoms with Gasteiger partial charge in [-0.15, -0.1) is 0 Å². The van der Waals surface area contributed by atoms with Crippen molar-refractivity contribution in [2.75, 3.05) is 18.5 Å². The van der Waals surface area contributed by atoms with Crippen molar-refractivity contribution < 1.29 is 42.6 Å². The van der Waals surface area contributed by atoms with Gasteiger partial charge in [-0.3, -0.25) is 9.12 Å². The van der Waals surface area contributed by atoms with Crippen LogP contribution >= 0.6 is 0 Å². The molecule has 0 saturated carbocycles. The van der Waals surface area contributed by atoms with Crippen LogP contribution in [-0.4, -0.2) is 95.1 Å². The van der Waals surface area contributed by atoms with E-state index in [0.29, 0.717) is 5.69 Å². The number of nitrogens with zero attached hydrogens (tertiary/aromatic N) is 6. The number of carbonyl (C=O) groups excluding carboxylic acids is 1. The fourth-order valence-electron chi connectivity index (χ4n) is 3.99. The quantitative estimate of drug-likeness (QED) is 0.139. The number of aliphatic hydroxyl groups excluding tert-OH is 3. The van der Waals surface area contributed by atoms with Crippen molar-refractivity contribution >= 4 is 38.8 Å². The van der Waals surface area contributed by atoms with Crippen LogP contribution in [0.4, 0.5) is 11.5 Å². The molecule has 1 aliphatic rings. The Hall–Kier alpha value is -4.00. The highest BCUT2D eigenvalue weighted by molar-refractivity contribution is 7.85. The largest absolute Gasteiger partial charge is 0.462 e. The fraction of sp³-hybridized carbons (Fsp3) is 0.318. The molecule has 1 aliphatic heterocycles. The third-order valence-electron chi connectivity index (χ3n) is 5.91. The monoisotopic (exact) mass is 561 g/mol. The summed E-state index contributed by atoms with van der Waals surface area (Å²) in [5.74, 6) is -0.490. The van der Waals surface area contributed by atoms with E-state index in [-0.39, 0.29) is 40.0 Å². The number of nitrogens with one attached hydrogen (secondary N) is 1. The Morgan fingerprint density at radius 3 is 2.56 bits per heavy atom. The van der Waals surface area contributed by atoms with E-state index in [0.717, 1.165) is 0 Å². The topological polar surface area (TPSA) is 224 Å². The van der Waals surface area contributed by atoms with Gasteiger partial charge in [-0.05, 0) is 31.2 Å². The third kappa shape index (κ3) is 5.05. The number of aromatic nitrogens is 6. The van der Waals surface area contributed by atoms with Crippen LogP contribution < -0.4 is 5.32 Å². The first-order valence-electron chi connectivity index (χ1n) is 11.5. The van der Waals surface area contributed by atoms with Crippen LogP contribution in [0.2, 0.25) is 0 Å². The number of imidazole rings is 1. The van der Waals surface area contributed by atoms with E-state index in [4.69, 9.17) is 9.47 Å². The van der Waals surface area contributed by atoms with Gasteiger partial charge in [-0.2, -0.15) is 23.5 Å². The van der Waals surface area contributed by atoms with Crippen LogP contribution in [0.5, 0.6) is 0 Å². The molecule has 0 amide bonds. The average molecular weight is 562 g/mol. The first-order chi connectivity index (χ1) is 18.6. The maximum absolute atomic E-state index is 12.1. The van der Waals surface area contributed by atoms with Crippen molar-refractivity contribution in [1.82, 2.24) is 29.3 Å². The van der Waals surface area contributed by atoms with Crippen LogP contribution in [0.15, 0.2) is 47.9 Å². The van der Waals surface area contributed by atoms with Crippen molar-refractivity contribution in [3.8, 4) is 5.95 Å². The highest BCUT2D eigenvalue weighted by atomic mass is 32.2. The van der Waals surface area contributed by atoms with Crippen molar-refractivity contribution in [3.05, 3.63) is 48.5 Å². The van der Waals surface area contributed by atoms with Crippen molar-refractivity contribution in [1.29, 1.82) is 0 Å². The molecule has 3 aromatic heterocycles. The van der Waals surface area contributed by atoms with E-state index >= 15 is 0 Å². The molecule has 1 unspecified atom stereocenters. The average Bonchev–Trinajstić information content (AvgIpc) is 3.62. The number of anilines is 2. The molecule has 0 bridgehead atoms. The smallest absolute Gasteiger partial charge is 0.341 e. The van der Waals surface area contributed by atoms with Crippen LogP contribution in [0, 0.1) is 0 Å². The van der Waals surface area contributed by atoms with Gasteiger partial charge in [0.05, 0.1) is 36.2 Å². The van der Waals surface area contributed by atoms with E-state index in [9.17, 15) is 33.1 Å². The fourth-order valence-corrected chi connectivity index (χ4v) is 4.47. The molecule has 39 heavy (non-hydrogen) atoms. The van der Waals surface area contributed by atoms with E-state index in [1.807, 2.05) is 0 Å². The molecule has 4 aromatic rings. The zero-order valence-corrected chi connectivity index (χ0v) is 21.0.